The Bertz CT molecular complexity index is 458. The quantitative estimate of drug-likeness (QED) is 0.309. The number of carbonyl (C=O) groups excluding carboxylic acids is 1. The highest BCUT2D eigenvalue weighted by atomic mass is 16.7. The van der Waals surface area contributed by atoms with E-state index in [9.17, 15) is 14.9 Å². The number of hydrogen-bond donors (Lipinski definition) is 0. The molecule has 0 saturated carbocycles. The molecule has 1 atom stereocenters. The summed E-state index contributed by atoms with van der Waals surface area (Å²) in [6.45, 7) is 4.52. The predicted molar refractivity (Wildman–Crippen MR) is 78.4 cm³/mol. The summed E-state index contributed by atoms with van der Waals surface area (Å²) in [6, 6.07) is 5.29. The Hall–Kier alpha value is -2.11. The van der Waals surface area contributed by atoms with E-state index in [0.717, 1.165) is 25.7 Å². The van der Waals surface area contributed by atoms with Crippen LogP contribution < -0.4 is 4.74 Å². The van der Waals surface area contributed by atoms with E-state index in [1.165, 1.54) is 24.3 Å². The average Bonchev–Trinajstić information content (AvgIpc) is 2.48. The fraction of sp³-hybridized carbons (Fsp3) is 0.533. The molecule has 1 unspecified atom stereocenters. The first-order valence-corrected chi connectivity index (χ1v) is 7.15. The highest BCUT2D eigenvalue weighted by Crippen LogP contribution is 2.18. The van der Waals surface area contributed by atoms with Gasteiger partial charge in [-0.2, -0.15) is 0 Å². The molecule has 0 spiro atoms. The van der Waals surface area contributed by atoms with Crippen LogP contribution in [-0.2, 0) is 4.74 Å². The Morgan fingerprint density at radius 1 is 1.29 bits per heavy atom. The van der Waals surface area contributed by atoms with Crippen molar-refractivity contribution >= 4 is 11.8 Å². The summed E-state index contributed by atoms with van der Waals surface area (Å²) in [5.41, 5.74) is -0.0543. The van der Waals surface area contributed by atoms with E-state index in [4.69, 9.17) is 9.47 Å². The predicted octanol–water partition coefficient (Wildman–Crippen LogP) is 4.33. The molecule has 0 aliphatic rings. The van der Waals surface area contributed by atoms with Crippen molar-refractivity contribution in [3.63, 3.8) is 0 Å². The van der Waals surface area contributed by atoms with E-state index < -0.39 is 11.1 Å². The van der Waals surface area contributed by atoms with Crippen molar-refractivity contribution in [2.24, 2.45) is 5.92 Å². The van der Waals surface area contributed by atoms with Gasteiger partial charge in [-0.05, 0) is 24.5 Å². The zero-order chi connectivity index (χ0) is 15.7. The first-order chi connectivity index (χ1) is 10.1. The average molecular weight is 295 g/mol. The molecule has 6 nitrogen and oxygen atoms in total. The van der Waals surface area contributed by atoms with E-state index in [-0.39, 0.29) is 11.4 Å². The van der Waals surface area contributed by atoms with Crippen molar-refractivity contribution < 1.29 is 19.2 Å². The minimum absolute atomic E-state index is 0.0543. The minimum Gasteiger partial charge on any atom is -0.434 e. The van der Waals surface area contributed by atoms with Crippen LogP contribution in [0.25, 0.3) is 0 Å². The molecule has 0 saturated heterocycles. The van der Waals surface area contributed by atoms with Gasteiger partial charge in [0.05, 0.1) is 11.5 Å². The molecule has 1 aromatic rings. The maximum absolute atomic E-state index is 11.5. The highest BCUT2D eigenvalue weighted by Gasteiger charge is 2.12. The van der Waals surface area contributed by atoms with Gasteiger partial charge >= 0.3 is 6.16 Å². The number of nitro benzene ring substituents is 1. The standard InChI is InChI=1S/C15H21NO5/c1-3-5-6-12(4-2)11-20-15(17)21-14-9-7-13(8-10-14)16(18)19/h7-10,12H,3-6,11H2,1-2H3. The lowest BCUT2D eigenvalue weighted by Gasteiger charge is -2.14. The summed E-state index contributed by atoms with van der Waals surface area (Å²) in [7, 11) is 0. The third kappa shape index (κ3) is 6.25. The third-order valence-corrected chi connectivity index (χ3v) is 3.23. The largest absolute Gasteiger partial charge is 0.513 e. The Balaban J connectivity index is 2.40. The molecule has 0 N–H and O–H groups in total. The summed E-state index contributed by atoms with van der Waals surface area (Å²) in [4.78, 5) is 21.5. The molecular formula is C15H21NO5. The number of rotatable bonds is 8. The molecule has 1 rings (SSSR count). The third-order valence-electron chi connectivity index (χ3n) is 3.23. The molecular weight excluding hydrogens is 274 g/mol. The maximum Gasteiger partial charge on any atom is 0.513 e. The van der Waals surface area contributed by atoms with Crippen molar-refractivity contribution in [1.82, 2.24) is 0 Å². The first-order valence-electron chi connectivity index (χ1n) is 7.15. The van der Waals surface area contributed by atoms with Crippen LogP contribution in [0.4, 0.5) is 10.5 Å². The number of nitro groups is 1. The molecule has 21 heavy (non-hydrogen) atoms. The Morgan fingerprint density at radius 2 is 1.95 bits per heavy atom. The molecule has 0 fully saturated rings. The van der Waals surface area contributed by atoms with Gasteiger partial charge in [0.15, 0.2) is 0 Å². The second-order valence-electron chi connectivity index (χ2n) is 4.83. The molecule has 0 aliphatic heterocycles. The van der Waals surface area contributed by atoms with Gasteiger partial charge in [0.2, 0.25) is 0 Å². The number of carbonyl (C=O) groups is 1. The molecule has 0 aliphatic carbocycles. The summed E-state index contributed by atoms with van der Waals surface area (Å²) in [5.74, 6) is 0.571. The van der Waals surface area contributed by atoms with E-state index in [1.54, 1.807) is 0 Å². The van der Waals surface area contributed by atoms with Gasteiger partial charge in [0.1, 0.15) is 5.75 Å². The van der Waals surface area contributed by atoms with Crippen molar-refractivity contribution in [1.29, 1.82) is 0 Å². The normalized spacial score (nSPS) is 11.7. The van der Waals surface area contributed by atoms with Crippen molar-refractivity contribution in [3.8, 4) is 5.75 Å². The fourth-order valence-corrected chi connectivity index (χ4v) is 1.85. The van der Waals surface area contributed by atoms with Crippen LogP contribution in [0.3, 0.4) is 0 Å². The molecule has 1 aromatic carbocycles. The summed E-state index contributed by atoms with van der Waals surface area (Å²) in [5, 5.41) is 10.5. The lowest BCUT2D eigenvalue weighted by molar-refractivity contribution is -0.384. The van der Waals surface area contributed by atoms with Gasteiger partial charge in [-0.1, -0.05) is 33.1 Å². The second kappa shape index (κ2) is 8.94. The monoisotopic (exact) mass is 295 g/mol. The van der Waals surface area contributed by atoms with E-state index in [1.807, 2.05) is 0 Å². The number of unbranched alkanes of at least 4 members (excludes halogenated alkanes) is 1. The van der Waals surface area contributed by atoms with Crippen LogP contribution in [0.5, 0.6) is 5.75 Å². The van der Waals surface area contributed by atoms with Gasteiger partial charge in [-0.3, -0.25) is 10.1 Å². The van der Waals surface area contributed by atoms with Crippen LogP contribution in [0, 0.1) is 16.0 Å². The molecule has 0 amide bonds. The molecule has 0 heterocycles. The number of hydrogen-bond acceptors (Lipinski definition) is 5. The lowest BCUT2D eigenvalue weighted by atomic mass is 10.0. The SMILES string of the molecule is CCCCC(CC)COC(=O)Oc1ccc([N+](=O)[O-])cc1. The molecule has 0 bridgehead atoms. The van der Waals surface area contributed by atoms with Gasteiger partial charge in [-0.15, -0.1) is 0 Å². The first kappa shape index (κ1) is 16.9. The van der Waals surface area contributed by atoms with E-state index >= 15 is 0 Å². The zero-order valence-corrected chi connectivity index (χ0v) is 12.4. The van der Waals surface area contributed by atoms with Crippen LogP contribution >= 0.6 is 0 Å². The minimum atomic E-state index is -0.779. The topological polar surface area (TPSA) is 78.7 Å². The smallest absolute Gasteiger partial charge is 0.434 e. The fourth-order valence-electron chi connectivity index (χ4n) is 1.85. The number of benzene rings is 1. The van der Waals surface area contributed by atoms with E-state index in [0.29, 0.717) is 12.5 Å². The lowest BCUT2D eigenvalue weighted by Crippen LogP contribution is -2.16. The molecule has 6 heteroatoms. The van der Waals surface area contributed by atoms with Gasteiger partial charge in [-0.25, -0.2) is 4.79 Å². The van der Waals surface area contributed by atoms with Gasteiger partial charge in [0.25, 0.3) is 5.69 Å². The van der Waals surface area contributed by atoms with Crippen molar-refractivity contribution in [2.45, 2.75) is 39.5 Å². The van der Waals surface area contributed by atoms with Crippen LogP contribution in [0.1, 0.15) is 39.5 Å². The van der Waals surface area contributed by atoms with Gasteiger partial charge in [0, 0.05) is 12.1 Å². The number of nitrogens with zero attached hydrogens (tertiary/aromatic N) is 1. The van der Waals surface area contributed by atoms with Crippen LogP contribution in [-0.4, -0.2) is 17.7 Å². The van der Waals surface area contributed by atoms with Gasteiger partial charge < -0.3 is 9.47 Å². The van der Waals surface area contributed by atoms with E-state index in [2.05, 4.69) is 13.8 Å². The molecule has 116 valence electrons. The molecule has 0 aromatic heterocycles. The van der Waals surface area contributed by atoms with Crippen molar-refractivity contribution in [3.05, 3.63) is 34.4 Å². The zero-order valence-electron chi connectivity index (χ0n) is 12.4. The highest BCUT2D eigenvalue weighted by molar-refractivity contribution is 5.63. The summed E-state index contributed by atoms with van der Waals surface area (Å²) in [6.07, 6.45) is 3.42. The Labute approximate surface area is 124 Å². The number of ether oxygens (including phenoxy) is 2. The summed E-state index contributed by atoms with van der Waals surface area (Å²) < 4.78 is 10.0. The maximum atomic E-state index is 11.5. The van der Waals surface area contributed by atoms with Crippen LogP contribution in [0.15, 0.2) is 24.3 Å². The Kier molecular flexibility index (Phi) is 7.21. The van der Waals surface area contributed by atoms with Crippen LogP contribution in [0.2, 0.25) is 0 Å². The van der Waals surface area contributed by atoms with Crippen molar-refractivity contribution in [2.75, 3.05) is 6.61 Å². The Morgan fingerprint density at radius 3 is 2.48 bits per heavy atom. The molecule has 0 radical (unpaired) electrons. The number of non-ortho nitro benzene ring substituents is 1. The second-order valence-corrected chi connectivity index (χ2v) is 4.83. The summed E-state index contributed by atoms with van der Waals surface area (Å²) >= 11 is 0.